The molecular weight excluding hydrogens is 226 g/mol. The fraction of sp³-hybridized carbons (Fsp3) is 0.929. The smallest absolute Gasteiger partial charge is 0.237 e. The van der Waals surface area contributed by atoms with E-state index in [0.717, 1.165) is 25.9 Å². The monoisotopic (exact) mass is 255 g/mol. The normalized spacial score (nSPS) is 28.7. The standard InChI is InChI=1S/C14H29N3O/c1-6-7-10(2)16-14(18)13(5)17-8-11(3)15-12(4)9-17/h10-13,15H,6-9H2,1-5H3,(H,16,18). The summed E-state index contributed by atoms with van der Waals surface area (Å²) in [7, 11) is 0. The molecule has 2 N–H and O–H groups in total. The summed E-state index contributed by atoms with van der Waals surface area (Å²) in [6.45, 7) is 12.5. The summed E-state index contributed by atoms with van der Waals surface area (Å²) in [4.78, 5) is 14.4. The van der Waals surface area contributed by atoms with Crippen molar-refractivity contribution < 1.29 is 4.79 Å². The van der Waals surface area contributed by atoms with Crippen LogP contribution in [0.5, 0.6) is 0 Å². The maximum atomic E-state index is 12.2. The van der Waals surface area contributed by atoms with Gasteiger partial charge in [-0.3, -0.25) is 9.69 Å². The molecule has 18 heavy (non-hydrogen) atoms. The first-order chi connectivity index (χ1) is 8.43. The number of nitrogens with one attached hydrogen (secondary N) is 2. The lowest BCUT2D eigenvalue weighted by Crippen LogP contribution is -2.59. The molecule has 0 spiro atoms. The van der Waals surface area contributed by atoms with Gasteiger partial charge in [-0.2, -0.15) is 0 Å². The van der Waals surface area contributed by atoms with Gasteiger partial charge < -0.3 is 10.6 Å². The molecule has 4 atom stereocenters. The topological polar surface area (TPSA) is 44.4 Å². The molecule has 0 aromatic heterocycles. The molecule has 1 saturated heterocycles. The SMILES string of the molecule is CCCC(C)NC(=O)C(C)N1CC(C)NC(C)C1. The molecule has 0 aliphatic carbocycles. The fourth-order valence-electron chi connectivity index (χ4n) is 2.72. The molecule has 0 bridgehead atoms. The van der Waals surface area contributed by atoms with Crippen molar-refractivity contribution in [3.05, 3.63) is 0 Å². The van der Waals surface area contributed by atoms with Crippen molar-refractivity contribution in [3.63, 3.8) is 0 Å². The highest BCUT2D eigenvalue weighted by molar-refractivity contribution is 5.81. The molecule has 4 unspecified atom stereocenters. The van der Waals surface area contributed by atoms with E-state index in [0.29, 0.717) is 12.1 Å². The van der Waals surface area contributed by atoms with Gasteiger partial charge in [-0.25, -0.2) is 0 Å². The molecule has 1 fully saturated rings. The second kappa shape index (κ2) is 7.10. The Bertz CT molecular complexity index is 260. The number of carbonyl (C=O) groups excluding carboxylic acids is 1. The maximum Gasteiger partial charge on any atom is 0.237 e. The van der Waals surface area contributed by atoms with Gasteiger partial charge in [0.15, 0.2) is 0 Å². The van der Waals surface area contributed by atoms with Gasteiger partial charge in [0, 0.05) is 31.2 Å². The maximum absolute atomic E-state index is 12.2. The highest BCUT2D eigenvalue weighted by Gasteiger charge is 2.28. The summed E-state index contributed by atoms with van der Waals surface area (Å²) in [5, 5.41) is 6.60. The van der Waals surface area contributed by atoms with E-state index in [2.05, 4.69) is 43.2 Å². The van der Waals surface area contributed by atoms with Crippen LogP contribution in [0.1, 0.15) is 47.5 Å². The van der Waals surface area contributed by atoms with Gasteiger partial charge in [0.05, 0.1) is 6.04 Å². The van der Waals surface area contributed by atoms with Gasteiger partial charge in [0.25, 0.3) is 0 Å². The van der Waals surface area contributed by atoms with E-state index < -0.39 is 0 Å². The Morgan fingerprint density at radius 3 is 2.39 bits per heavy atom. The van der Waals surface area contributed by atoms with Crippen molar-refractivity contribution in [3.8, 4) is 0 Å². The number of hydrogen-bond donors (Lipinski definition) is 2. The zero-order chi connectivity index (χ0) is 13.7. The first-order valence-electron chi connectivity index (χ1n) is 7.24. The zero-order valence-corrected chi connectivity index (χ0v) is 12.5. The summed E-state index contributed by atoms with van der Waals surface area (Å²) >= 11 is 0. The van der Waals surface area contributed by atoms with Gasteiger partial charge in [-0.1, -0.05) is 13.3 Å². The van der Waals surface area contributed by atoms with Gasteiger partial charge in [-0.15, -0.1) is 0 Å². The van der Waals surface area contributed by atoms with Crippen LogP contribution in [0.15, 0.2) is 0 Å². The van der Waals surface area contributed by atoms with E-state index >= 15 is 0 Å². The van der Waals surface area contributed by atoms with Crippen LogP contribution in [-0.2, 0) is 4.79 Å². The molecule has 1 aliphatic rings. The third-order valence-corrected chi connectivity index (χ3v) is 3.62. The van der Waals surface area contributed by atoms with Crippen LogP contribution in [-0.4, -0.2) is 48.1 Å². The Balaban J connectivity index is 2.47. The number of carbonyl (C=O) groups is 1. The van der Waals surface area contributed by atoms with E-state index in [9.17, 15) is 4.79 Å². The van der Waals surface area contributed by atoms with Crippen LogP contribution in [0.2, 0.25) is 0 Å². The van der Waals surface area contributed by atoms with Crippen molar-refractivity contribution >= 4 is 5.91 Å². The minimum atomic E-state index is -0.0312. The van der Waals surface area contributed by atoms with Crippen molar-refractivity contribution in [2.24, 2.45) is 0 Å². The number of amides is 1. The van der Waals surface area contributed by atoms with Gasteiger partial charge in [0.2, 0.25) is 5.91 Å². The lowest BCUT2D eigenvalue weighted by Gasteiger charge is -2.39. The minimum absolute atomic E-state index is 0.0312. The lowest BCUT2D eigenvalue weighted by atomic mass is 10.1. The number of nitrogens with zero attached hydrogens (tertiary/aromatic N) is 1. The summed E-state index contributed by atoms with van der Waals surface area (Å²) in [5.41, 5.74) is 0. The highest BCUT2D eigenvalue weighted by Crippen LogP contribution is 2.09. The Morgan fingerprint density at radius 2 is 1.89 bits per heavy atom. The van der Waals surface area contributed by atoms with E-state index in [4.69, 9.17) is 0 Å². The Kier molecular flexibility index (Phi) is 6.09. The summed E-state index contributed by atoms with van der Waals surface area (Å²) in [6.07, 6.45) is 2.16. The second-order valence-corrected chi connectivity index (χ2v) is 5.80. The van der Waals surface area contributed by atoms with Crippen LogP contribution in [0, 0.1) is 0 Å². The lowest BCUT2D eigenvalue weighted by molar-refractivity contribution is -0.127. The third kappa shape index (κ3) is 4.58. The van der Waals surface area contributed by atoms with Gasteiger partial charge >= 0.3 is 0 Å². The molecular formula is C14H29N3O. The zero-order valence-electron chi connectivity index (χ0n) is 12.5. The molecule has 0 saturated carbocycles. The third-order valence-electron chi connectivity index (χ3n) is 3.62. The van der Waals surface area contributed by atoms with Crippen molar-refractivity contribution in [2.45, 2.75) is 71.6 Å². The van der Waals surface area contributed by atoms with Crippen LogP contribution >= 0.6 is 0 Å². The Labute approximate surface area is 111 Å². The predicted octanol–water partition coefficient (Wildman–Crippen LogP) is 1.36. The van der Waals surface area contributed by atoms with E-state index in [1.807, 2.05) is 6.92 Å². The second-order valence-electron chi connectivity index (χ2n) is 5.80. The molecule has 0 radical (unpaired) electrons. The molecule has 1 amide bonds. The van der Waals surface area contributed by atoms with Crippen molar-refractivity contribution in [1.29, 1.82) is 0 Å². The van der Waals surface area contributed by atoms with Gasteiger partial charge in [0.1, 0.15) is 0 Å². The molecule has 106 valence electrons. The average Bonchev–Trinajstić information content (AvgIpc) is 2.26. The molecule has 4 nitrogen and oxygen atoms in total. The quantitative estimate of drug-likeness (QED) is 0.780. The molecule has 0 aromatic carbocycles. The van der Waals surface area contributed by atoms with Crippen LogP contribution < -0.4 is 10.6 Å². The van der Waals surface area contributed by atoms with Crippen LogP contribution in [0.4, 0.5) is 0 Å². The Morgan fingerprint density at radius 1 is 1.33 bits per heavy atom. The largest absolute Gasteiger partial charge is 0.352 e. The van der Waals surface area contributed by atoms with E-state index in [1.54, 1.807) is 0 Å². The highest BCUT2D eigenvalue weighted by atomic mass is 16.2. The first-order valence-corrected chi connectivity index (χ1v) is 7.24. The summed E-state index contributed by atoms with van der Waals surface area (Å²) < 4.78 is 0. The number of rotatable bonds is 5. The minimum Gasteiger partial charge on any atom is -0.352 e. The molecule has 1 rings (SSSR count). The van der Waals surface area contributed by atoms with Crippen LogP contribution in [0.25, 0.3) is 0 Å². The van der Waals surface area contributed by atoms with E-state index in [-0.39, 0.29) is 18.0 Å². The molecule has 4 heteroatoms. The van der Waals surface area contributed by atoms with Crippen molar-refractivity contribution in [1.82, 2.24) is 15.5 Å². The summed E-state index contributed by atoms with van der Waals surface area (Å²) in [5.74, 6) is 0.164. The van der Waals surface area contributed by atoms with Crippen molar-refractivity contribution in [2.75, 3.05) is 13.1 Å². The summed E-state index contributed by atoms with van der Waals surface area (Å²) in [6, 6.07) is 1.16. The van der Waals surface area contributed by atoms with Gasteiger partial charge in [-0.05, 0) is 34.1 Å². The fourth-order valence-corrected chi connectivity index (χ4v) is 2.72. The number of piperazine rings is 1. The van der Waals surface area contributed by atoms with E-state index in [1.165, 1.54) is 0 Å². The van der Waals surface area contributed by atoms with Crippen LogP contribution in [0.3, 0.4) is 0 Å². The first kappa shape index (κ1) is 15.4. The average molecular weight is 255 g/mol. The predicted molar refractivity (Wildman–Crippen MR) is 75.6 cm³/mol. The number of hydrogen-bond acceptors (Lipinski definition) is 3. The molecule has 0 aromatic rings. The Hall–Kier alpha value is -0.610. The molecule has 1 heterocycles. The molecule has 1 aliphatic heterocycles.